The first kappa shape index (κ1) is 10.7. The van der Waals surface area contributed by atoms with E-state index >= 15 is 0 Å². The van der Waals surface area contributed by atoms with Crippen molar-refractivity contribution in [2.24, 2.45) is 0 Å². The van der Waals surface area contributed by atoms with E-state index in [9.17, 15) is 8.42 Å². The first-order valence-electron chi connectivity index (χ1n) is 5.20. The van der Waals surface area contributed by atoms with Crippen molar-refractivity contribution in [3.63, 3.8) is 0 Å². The van der Waals surface area contributed by atoms with E-state index in [4.69, 9.17) is 0 Å². The SMILES string of the molecule is CS(=O)(=O)n1cccc1C1CCCCN1. The van der Waals surface area contributed by atoms with Gasteiger partial charge >= 0.3 is 0 Å². The van der Waals surface area contributed by atoms with Gasteiger partial charge in [-0.15, -0.1) is 0 Å². The van der Waals surface area contributed by atoms with Gasteiger partial charge in [0.1, 0.15) is 0 Å². The van der Waals surface area contributed by atoms with Gasteiger partial charge in [0, 0.05) is 12.2 Å². The lowest BCUT2D eigenvalue weighted by molar-refractivity contribution is 0.403. The fourth-order valence-electron chi connectivity index (χ4n) is 2.06. The predicted molar refractivity (Wildman–Crippen MR) is 59.3 cm³/mol. The van der Waals surface area contributed by atoms with Crippen LogP contribution in [-0.4, -0.2) is 25.2 Å². The summed E-state index contributed by atoms with van der Waals surface area (Å²) in [4.78, 5) is 0. The van der Waals surface area contributed by atoms with Crippen molar-refractivity contribution < 1.29 is 8.42 Å². The van der Waals surface area contributed by atoms with Crippen molar-refractivity contribution in [3.8, 4) is 0 Å². The summed E-state index contributed by atoms with van der Waals surface area (Å²) in [6.45, 7) is 0.972. The van der Waals surface area contributed by atoms with Crippen LogP contribution in [0, 0.1) is 0 Å². The molecule has 2 rings (SSSR count). The minimum absolute atomic E-state index is 0.184. The van der Waals surface area contributed by atoms with Crippen LogP contribution in [-0.2, 0) is 10.0 Å². The third-order valence-corrected chi connectivity index (χ3v) is 3.81. The summed E-state index contributed by atoms with van der Waals surface area (Å²) >= 11 is 0. The number of hydrogen-bond donors (Lipinski definition) is 1. The lowest BCUT2D eigenvalue weighted by Gasteiger charge is -2.24. The molecule has 1 unspecified atom stereocenters. The quantitative estimate of drug-likeness (QED) is 0.825. The monoisotopic (exact) mass is 228 g/mol. The van der Waals surface area contributed by atoms with Gasteiger partial charge in [0.05, 0.1) is 11.9 Å². The average molecular weight is 228 g/mol. The van der Waals surface area contributed by atoms with Crippen molar-refractivity contribution in [2.45, 2.75) is 25.3 Å². The summed E-state index contributed by atoms with van der Waals surface area (Å²) in [6.07, 6.45) is 6.20. The van der Waals surface area contributed by atoms with E-state index in [0.29, 0.717) is 0 Å². The van der Waals surface area contributed by atoms with E-state index in [1.807, 2.05) is 6.07 Å². The zero-order valence-electron chi connectivity index (χ0n) is 8.81. The molecule has 84 valence electrons. The standard InChI is InChI=1S/C10H16N2O2S/c1-15(13,14)12-8-4-6-10(12)9-5-2-3-7-11-9/h4,6,8-9,11H,2-3,5,7H2,1H3. The molecular formula is C10H16N2O2S. The van der Waals surface area contributed by atoms with Crippen molar-refractivity contribution in [2.75, 3.05) is 12.8 Å². The van der Waals surface area contributed by atoms with Gasteiger partial charge in [-0.05, 0) is 31.5 Å². The minimum Gasteiger partial charge on any atom is -0.309 e. The molecule has 2 heterocycles. The van der Waals surface area contributed by atoms with Crippen LogP contribution in [0.25, 0.3) is 0 Å². The van der Waals surface area contributed by atoms with Crippen LogP contribution in [0.15, 0.2) is 18.3 Å². The lowest BCUT2D eigenvalue weighted by atomic mass is 10.0. The normalized spacial score (nSPS) is 22.9. The maximum Gasteiger partial charge on any atom is 0.235 e. The van der Waals surface area contributed by atoms with Crippen LogP contribution in [0.4, 0.5) is 0 Å². The van der Waals surface area contributed by atoms with Crippen LogP contribution in [0.1, 0.15) is 31.0 Å². The first-order chi connectivity index (χ1) is 7.09. The minimum atomic E-state index is -3.16. The van der Waals surface area contributed by atoms with Crippen molar-refractivity contribution in [1.82, 2.24) is 9.29 Å². The molecule has 0 amide bonds. The summed E-state index contributed by atoms with van der Waals surface area (Å²) in [6, 6.07) is 3.85. The molecule has 0 bridgehead atoms. The predicted octanol–water partition coefficient (Wildman–Crippen LogP) is 1.11. The highest BCUT2D eigenvalue weighted by Gasteiger charge is 2.20. The molecule has 0 spiro atoms. The first-order valence-corrected chi connectivity index (χ1v) is 7.05. The lowest BCUT2D eigenvalue weighted by Crippen LogP contribution is -2.29. The van der Waals surface area contributed by atoms with Gasteiger partial charge in [-0.1, -0.05) is 6.42 Å². The van der Waals surface area contributed by atoms with Gasteiger partial charge in [-0.3, -0.25) is 0 Å². The maximum atomic E-state index is 11.5. The molecule has 1 aliphatic rings. The topological polar surface area (TPSA) is 51.1 Å². The van der Waals surface area contributed by atoms with E-state index in [-0.39, 0.29) is 6.04 Å². The molecule has 1 N–H and O–H groups in total. The van der Waals surface area contributed by atoms with Crippen molar-refractivity contribution in [3.05, 3.63) is 24.0 Å². The van der Waals surface area contributed by atoms with E-state index in [1.54, 1.807) is 12.3 Å². The number of hydrogen-bond acceptors (Lipinski definition) is 3. The Labute approximate surface area is 90.3 Å². The molecule has 1 atom stereocenters. The van der Waals surface area contributed by atoms with E-state index in [2.05, 4.69) is 5.32 Å². The molecule has 0 saturated carbocycles. The largest absolute Gasteiger partial charge is 0.309 e. The van der Waals surface area contributed by atoms with Gasteiger partial charge < -0.3 is 5.32 Å². The van der Waals surface area contributed by atoms with E-state index < -0.39 is 10.0 Å². The summed E-state index contributed by atoms with van der Waals surface area (Å²) in [5.74, 6) is 0. The molecule has 0 radical (unpaired) electrons. The van der Waals surface area contributed by atoms with E-state index in [0.717, 1.165) is 25.1 Å². The molecule has 0 aliphatic carbocycles. The zero-order chi connectivity index (χ0) is 10.9. The number of nitrogens with one attached hydrogen (secondary N) is 1. The number of rotatable bonds is 2. The molecule has 1 saturated heterocycles. The summed E-state index contributed by atoms with van der Waals surface area (Å²) in [5, 5.41) is 3.35. The third kappa shape index (κ3) is 2.23. The number of nitrogens with zero attached hydrogens (tertiary/aromatic N) is 1. The summed E-state index contributed by atoms with van der Waals surface area (Å²) in [7, 11) is -3.16. The second-order valence-electron chi connectivity index (χ2n) is 3.99. The highest BCUT2D eigenvalue weighted by Crippen LogP contribution is 2.23. The smallest absolute Gasteiger partial charge is 0.235 e. The molecule has 1 aromatic rings. The van der Waals surface area contributed by atoms with Gasteiger partial charge in [-0.25, -0.2) is 12.4 Å². The van der Waals surface area contributed by atoms with Crippen LogP contribution in [0.5, 0.6) is 0 Å². The highest BCUT2D eigenvalue weighted by molar-refractivity contribution is 7.89. The van der Waals surface area contributed by atoms with Gasteiger partial charge in [-0.2, -0.15) is 0 Å². The van der Waals surface area contributed by atoms with Crippen LogP contribution < -0.4 is 5.32 Å². The summed E-state index contributed by atoms with van der Waals surface area (Å²) < 4.78 is 24.4. The zero-order valence-corrected chi connectivity index (χ0v) is 9.63. The van der Waals surface area contributed by atoms with Crippen LogP contribution in [0.3, 0.4) is 0 Å². The third-order valence-electron chi connectivity index (χ3n) is 2.77. The Balaban J connectivity index is 2.32. The molecule has 1 fully saturated rings. The molecule has 5 heteroatoms. The van der Waals surface area contributed by atoms with Gasteiger partial charge in [0.2, 0.25) is 10.0 Å². The second-order valence-corrected chi connectivity index (χ2v) is 5.85. The summed E-state index contributed by atoms with van der Waals surface area (Å²) in [5.41, 5.74) is 0.859. The Morgan fingerprint density at radius 1 is 1.47 bits per heavy atom. The fourth-order valence-corrected chi connectivity index (χ4v) is 2.92. The number of piperidine rings is 1. The van der Waals surface area contributed by atoms with Gasteiger partial charge in [0.25, 0.3) is 0 Å². The van der Waals surface area contributed by atoms with Crippen LogP contribution >= 0.6 is 0 Å². The highest BCUT2D eigenvalue weighted by atomic mass is 32.2. The molecule has 0 aromatic carbocycles. The van der Waals surface area contributed by atoms with Crippen molar-refractivity contribution >= 4 is 10.0 Å². The Kier molecular flexibility index (Phi) is 2.84. The molecule has 4 nitrogen and oxygen atoms in total. The molecular weight excluding hydrogens is 212 g/mol. The Morgan fingerprint density at radius 2 is 2.27 bits per heavy atom. The molecule has 1 aromatic heterocycles. The average Bonchev–Trinajstić information content (AvgIpc) is 2.67. The number of aromatic nitrogens is 1. The maximum absolute atomic E-state index is 11.5. The Morgan fingerprint density at radius 3 is 2.87 bits per heavy atom. The molecule has 15 heavy (non-hydrogen) atoms. The Bertz CT molecular complexity index is 430. The Hall–Kier alpha value is -0.810. The van der Waals surface area contributed by atoms with Gasteiger partial charge in [0.15, 0.2) is 0 Å². The second kappa shape index (κ2) is 3.98. The van der Waals surface area contributed by atoms with Crippen molar-refractivity contribution in [1.29, 1.82) is 0 Å². The van der Waals surface area contributed by atoms with Crippen LogP contribution in [0.2, 0.25) is 0 Å². The molecule has 1 aliphatic heterocycles. The van der Waals surface area contributed by atoms with E-state index in [1.165, 1.54) is 16.6 Å². The fraction of sp³-hybridized carbons (Fsp3) is 0.600.